The molecule has 0 bridgehead atoms. The van der Waals surface area contributed by atoms with Crippen LogP contribution < -0.4 is 5.32 Å². The molecule has 0 radical (unpaired) electrons. The van der Waals surface area contributed by atoms with Crippen LogP contribution in [0.4, 0.5) is 8.78 Å². The van der Waals surface area contributed by atoms with Crippen LogP contribution in [0.15, 0.2) is 30.9 Å². The van der Waals surface area contributed by atoms with Gasteiger partial charge in [-0.1, -0.05) is 13.0 Å². The Morgan fingerprint density at radius 1 is 1.20 bits per heavy atom. The molecule has 1 atom stereocenters. The topological polar surface area (TPSA) is 37.8 Å². The van der Waals surface area contributed by atoms with Crippen LogP contribution in [0.3, 0.4) is 0 Å². The summed E-state index contributed by atoms with van der Waals surface area (Å²) >= 11 is 0. The van der Waals surface area contributed by atoms with Crippen molar-refractivity contribution < 1.29 is 8.78 Å². The van der Waals surface area contributed by atoms with Crippen molar-refractivity contribution in [2.75, 3.05) is 6.54 Å². The van der Waals surface area contributed by atoms with Gasteiger partial charge in [-0.15, -0.1) is 0 Å². The maximum atomic E-state index is 14.3. The van der Waals surface area contributed by atoms with E-state index in [0.29, 0.717) is 17.7 Å². The van der Waals surface area contributed by atoms with E-state index in [1.165, 1.54) is 18.5 Å². The number of nitrogens with zero attached hydrogens (tertiary/aromatic N) is 2. The highest BCUT2D eigenvalue weighted by molar-refractivity contribution is 5.34. The highest BCUT2D eigenvalue weighted by Gasteiger charge is 2.23. The molecule has 2 aromatic rings. The third-order valence-corrected chi connectivity index (χ3v) is 3.12. The minimum atomic E-state index is -0.587. The zero-order chi connectivity index (χ0) is 14.5. The molecule has 0 spiro atoms. The van der Waals surface area contributed by atoms with Crippen molar-refractivity contribution in [2.45, 2.75) is 26.3 Å². The van der Waals surface area contributed by atoms with Gasteiger partial charge in [0.1, 0.15) is 18.0 Å². The van der Waals surface area contributed by atoms with E-state index in [9.17, 15) is 8.78 Å². The van der Waals surface area contributed by atoms with Crippen LogP contribution in [0.2, 0.25) is 0 Å². The second kappa shape index (κ2) is 6.52. The van der Waals surface area contributed by atoms with Crippen LogP contribution in [0, 0.1) is 18.6 Å². The van der Waals surface area contributed by atoms with Gasteiger partial charge in [0, 0.05) is 23.5 Å². The maximum absolute atomic E-state index is 14.3. The fraction of sp³-hybridized carbons (Fsp3) is 0.333. The quantitative estimate of drug-likeness (QED) is 0.912. The van der Waals surface area contributed by atoms with Gasteiger partial charge in [0.15, 0.2) is 0 Å². The van der Waals surface area contributed by atoms with Gasteiger partial charge in [-0.3, -0.25) is 0 Å². The summed E-state index contributed by atoms with van der Waals surface area (Å²) in [5, 5.41) is 3.15. The predicted molar refractivity (Wildman–Crippen MR) is 73.3 cm³/mol. The summed E-state index contributed by atoms with van der Waals surface area (Å²) in [6, 6.07) is 2.14. The molecule has 0 aliphatic heterocycles. The molecule has 2 rings (SSSR count). The summed E-state index contributed by atoms with van der Waals surface area (Å²) in [4.78, 5) is 7.85. The fourth-order valence-corrected chi connectivity index (χ4v) is 2.08. The maximum Gasteiger partial charge on any atom is 0.134 e. The molecule has 0 aliphatic carbocycles. The molecule has 3 nitrogen and oxygen atoms in total. The Morgan fingerprint density at radius 3 is 2.55 bits per heavy atom. The van der Waals surface area contributed by atoms with Gasteiger partial charge in [0.05, 0.1) is 6.04 Å². The van der Waals surface area contributed by atoms with E-state index in [1.807, 2.05) is 6.92 Å². The Kier molecular flexibility index (Phi) is 4.74. The Hall–Kier alpha value is -1.88. The zero-order valence-electron chi connectivity index (χ0n) is 11.5. The molecule has 1 unspecified atom stereocenters. The summed E-state index contributed by atoms with van der Waals surface area (Å²) in [6.45, 7) is 4.26. The summed E-state index contributed by atoms with van der Waals surface area (Å²) in [6.07, 6.45) is 5.39. The highest BCUT2D eigenvalue weighted by atomic mass is 19.1. The number of nitrogens with one attached hydrogen (secondary N) is 1. The van der Waals surface area contributed by atoms with E-state index in [0.717, 1.165) is 6.42 Å². The first kappa shape index (κ1) is 14.5. The van der Waals surface area contributed by atoms with Crippen LogP contribution in [0.5, 0.6) is 0 Å². The Labute approximate surface area is 117 Å². The van der Waals surface area contributed by atoms with Gasteiger partial charge in [-0.05, 0) is 31.5 Å². The lowest BCUT2D eigenvalue weighted by molar-refractivity contribution is 0.498. The molecule has 1 aromatic carbocycles. The van der Waals surface area contributed by atoms with Crippen LogP contribution in [0.1, 0.15) is 36.1 Å². The van der Waals surface area contributed by atoms with E-state index in [2.05, 4.69) is 15.3 Å². The Bertz CT molecular complexity index is 573. The van der Waals surface area contributed by atoms with Crippen LogP contribution in [-0.2, 0) is 0 Å². The van der Waals surface area contributed by atoms with Crippen molar-refractivity contribution in [3.05, 3.63) is 59.2 Å². The van der Waals surface area contributed by atoms with Crippen molar-refractivity contribution in [3.63, 3.8) is 0 Å². The number of aromatic nitrogens is 2. The average molecular weight is 277 g/mol. The van der Waals surface area contributed by atoms with E-state index < -0.39 is 17.7 Å². The first-order chi connectivity index (χ1) is 9.65. The van der Waals surface area contributed by atoms with Gasteiger partial charge < -0.3 is 5.32 Å². The van der Waals surface area contributed by atoms with Crippen molar-refractivity contribution in [1.29, 1.82) is 0 Å². The average Bonchev–Trinajstić information content (AvgIpc) is 2.47. The van der Waals surface area contributed by atoms with Crippen molar-refractivity contribution in [1.82, 2.24) is 15.3 Å². The lowest BCUT2D eigenvalue weighted by Crippen LogP contribution is -2.25. The first-order valence-electron chi connectivity index (χ1n) is 6.58. The van der Waals surface area contributed by atoms with Gasteiger partial charge >= 0.3 is 0 Å². The summed E-state index contributed by atoms with van der Waals surface area (Å²) in [5.41, 5.74) is 1.08. The monoisotopic (exact) mass is 277 g/mol. The summed E-state index contributed by atoms with van der Waals surface area (Å²) in [5.74, 6) is -1.09. The number of hydrogen-bond acceptors (Lipinski definition) is 3. The standard InChI is InChI=1S/C15H17F2N3/c1-3-6-20-15(11-7-18-9-19-8-11)13-12(16)5-4-10(2)14(13)17/h4-5,7-9,15,20H,3,6H2,1-2H3. The summed E-state index contributed by atoms with van der Waals surface area (Å²) in [7, 11) is 0. The van der Waals surface area contributed by atoms with Gasteiger partial charge in [-0.2, -0.15) is 0 Å². The summed E-state index contributed by atoms with van der Waals surface area (Å²) < 4.78 is 28.4. The predicted octanol–water partition coefficient (Wildman–Crippen LogP) is 3.15. The second-order valence-corrected chi connectivity index (χ2v) is 4.65. The molecule has 20 heavy (non-hydrogen) atoms. The van der Waals surface area contributed by atoms with Crippen molar-refractivity contribution >= 4 is 0 Å². The second-order valence-electron chi connectivity index (χ2n) is 4.65. The number of rotatable bonds is 5. The molecule has 0 aliphatic rings. The van der Waals surface area contributed by atoms with Crippen LogP contribution >= 0.6 is 0 Å². The molecule has 1 heterocycles. The van der Waals surface area contributed by atoms with Gasteiger partial charge in [0.25, 0.3) is 0 Å². The number of halogens is 2. The molecule has 1 N–H and O–H groups in total. The molecule has 0 fully saturated rings. The molecule has 5 heteroatoms. The molecule has 0 amide bonds. The minimum absolute atomic E-state index is 0.0215. The Morgan fingerprint density at radius 2 is 1.90 bits per heavy atom. The normalized spacial score (nSPS) is 12.4. The number of aryl methyl sites for hydroxylation is 1. The third-order valence-electron chi connectivity index (χ3n) is 3.12. The lowest BCUT2D eigenvalue weighted by atomic mass is 9.97. The molecular formula is C15H17F2N3. The van der Waals surface area contributed by atoms with Gasteiger partial charge in [-0.25, -0.2) is 18.7 Å². The highest BCUT2D eigenvalue weighted by Crippen LogP contribution is 2.27. The van der Waals surface area contributed by atoms with Crippen LogP contribution in [0.25, 0.3) is 0 Å². The molecule has 0 saturated carbocycles. The molecule has 106 valence electrons. The Balaban J connectivity index is 2.49. The largest absolute Gasteiger partial charge is 0.306 e. The van der Waals surface area contributed by atoms with Gasteiger partial charge in [0.2, 0.25) is 0 Å². The third kappa shape index (κ3) is 2.99. The van der Waals surface area contributed by atoms with E-state index in [-0.39, 0.29) is 5.56 Å². The number of hydrogen-bond donors (Lipinski definition) is 1. The lowest BCUT2D eigenvalue weighted by Gasteiger charge is -2.20. The van der Waals surface area contributed by atoms with Crippen molar-refractivity contribution in [3.8, 4) is 0 Å². The minimum Gasteiger partial charge on any atom is -0.306 e. The molecule has 0 saturated heterocycles. The molecular weight excluding hydrogens is 260 g/mol. The van der Waals surface area contributed by atoms with E-state index in [4.69, 9.17) is 0 Å². The van der Waals surface area contributed by atoms with E-state index >= 15 is 0 Å². The van der Waals surface area contributed by atoms with Crippen LogP contribution in [-0.4, -0.2) is 16.5 Å². The fourth-order valence-electron chi connectivity index (χ4n) is 2.08. The first-order valence-corrected chi connectivity index (χ1v) is 6.58. The number of benzene rings is 1. The van der Waals surface area contributed by atoms with Crippen molar-refractivity contribution in [2.24, 2.45) is 0 Å². The SMILES string of the molecule is CCCNC(c1cncnc1)c1c(F)ccc(C)c1F. The zero-order valence-corrected chi connectivity index (χ0v) is 11.5. The van der Waals surface area contributed by atoms with E-state index in [1.54, 1.807) is 19.3 Å². The molecule has 1 aromatic heterocycles. The smallest absolute Gasteiger partial charge is 0.134 e.